The second-order valence-electron chi connectivity index (χ2n) is 4.72. The first-order chi connectivity index (χ1) is 9.81. The van der Waals surface area contributed by atoms with Crippen molar-refractivity contribution in [3.63, 3.8) is 0 Å². The Morgan fingerprint density at radius 2 is 2.05 bits per heavy atom. The highest BCUT2D eigenvalue weighted by molar-refractivity contribution is 9.10. The van der Waals surface area contributed by atoms with Crippen molar-refractivity contribution in [2.24, 2.45) is 0 Å². The van der Waals surface area contributed by atoms with Crippen molar-refractivity contribution in [1.29, 1.82) is 0 Å². The van der Waals surface area contributed by atoms with Gasteiger partial charge >= 0.3 is 0 Å². The molecule has 2 rings (SSSR count). The van der Waals surface area contributed by atoms with Crippen molar-refractivity contribution < 1.29 is 9.18 Å². The largest absolute Gasteiger partial charge is 0.322 e. The van der Waals surface area contributed by atoms with Gasteiger partial charge in [0.1, 0.15) is 11.9 Å². The molecule has 1 atom stereocenters. The summed E-state index contributed by atoms with van der Waals surface area (Å²) in [7, 11) is 0. The number of nitrogens with one attached hydrogen (secondary N) is 1. The van der Waals surface area contributed by atoms with Gasteiger partial charge < -0.3 is 5.32 Å². The Balaban J connectivity index is 2.21. The molecule has 112 valence electrons. The number of hydrogen-bond donors (Lipinski definition) is 1. The highest BCUT2D eigenvalue weighted by Gasteiger charge is 2.21. The quantitative estimate of drug-likeness (QED) is 0.804. The summed E-state index contributed by atoms with van der Waals surface area (Å²) in [4.78, 5) is 12.3. The summed E-state index contributed by atoms with van der Waals surface area (Å²) in [6, 6.07) is 3.95. The third-order valence-electron chi connectivity index (χ3n) is 3.17. The third-order valence-corrected chi connectivity index (χ3v) is 4.81. The Labute approximate surface area is 139 Å². The minimum atomic E-state index is -0.543. The molecule has 0 aliphatic heterocycles. The number of halogens is 3. The smallest absolute Gasteiger partial charge is 0.249 e. The number of carbonyl (C=O) groups excluding carboxylic acids is 1. The second-order valence-corrected chi connectivity index (χ2v) is 6.43. The van der Waals surface area contributed by atoms with E-state index in [4.69, 9.17) is 0 Å². The van der Waals surface area contributed by atoms with E-state index in [9.17, 15) is 9.18 Å². The average molecular weight is 419 g/mol. The molecule has 0 spiro atoms. The maximum absolute atomic E-state index is 13.7. The molecule has 0 radical (unpaired) electrons. The standard InChI is InChI=1S/C14H14Br2FN3O/c1-7-13(16)8(2)20(19-7)9(3)14(21)18-12-5-4-10(15)6-11(12)17/h4-6,9H,1-3H3,(H,18,21). The van der Waals surface area contributed by atoms with Gasteiger partial charge in [-0.2, -0.15) is 5.10 Å². The van der Waals surface area contributed by atoms with Crippen LogP contribution in [0, 0.1) is 19.7 Å². The van der Waals surface area contributed by atoms with Crippen LogP contribution in [0.5, 0.6) is 0 Å². The zero-order valence-corrected chi connectivity index (χ0v) is 14.9. The number of aromatic nitrogens is 2. The summed E-state index contributed by atoms with van der Waals surface area (Å²) >= 11 is 6.60. The third kappa shape index (κ3) is 3.35. The number of nitrogens with zero attached hydrogens (tertiary/aromatic N) is 2. The highest BCUT2D eigenvalue weighted by atomic mass is 79.9. The summed E-state index contributed by atoms with van der Waals surface area (Å²) in [6.45, 7) is 5.44. The molecule has 21 heavy (non-hydrogen) atoms. The van der Waals surface area contributed by atoms with Crippen LogP contribution in [-0.4, -0.2) is 15.7 Å². The Morgan fingerprint density at radius 3 is 2.57 bits per heavy atom. The molecule has 4 nitrogen and oxygen atoms in total. The molecule has 1 amide bonds. The van der Waals surface area contributed by atoms with Crippen molar-refractivity contribution in [3.8, 4) is 0 Å². The van der Waals surface area contributed by atoms with Gasteiger partial charge in [0, 0.05) is 4.47 Å². The fraction of sp³-hybridized carbons (Fsp3) is 0.286. The maximum Gasteiger partial charge on any atom is 0.249 e. The van der Waals surface area contributed by atoms with E-state index in [0.717, 1.165) is 15.9 Å². The number of anilines is 1. The SMILES string of the molecule is Cc1nn(C(C)C(=O)Nc2ccc(Br)cc2F)c(C)c1Br. The van der Waals surface area contributed by atoms with Gasteiger partial charge in [0.25, 0.3) is 0 Å². The lowest BCUT2D eigenvalue weighted by Crippen LogP contribution is -2.25. The number of rotatable bonds is 3. The van der Waals surface area contributed by atoms with Gasteiger partial charge in [-0.15, -0.1) is 0 Å². The minimum Gasteiger partial charge on any atom is -0.322 e. The fourth-order valence-electron chi connectivity index (χ4n) is 1.96. The van der Waals surface area contributed by atoms with Crippen molar-refractivity contribution in [2.45, 2.75) is 26.8 Å². The molecule has 2 aromatic rings. The van der Waals surface area contributed by atoms with Gasteiger partial charge in [0.15, 0.2) is 0 Å². The van der Waals surface area contributed by atoms with E-state index in [1.54, 1.807) is 17.7 Å². The van der Waals surface area contributed by atoms with Gasteiger partial charge in [0.05, 0.1) is 21.5 Å². The Hall–Kier alpha value is -1.21. The van der Waals surface area contributed by atoms with Crippen LogP contribution in [0.3, 0.4) is 0 Å². The highest BCUT2D eigenvalue weighted by Crippen LogP contribution is 2.24. The van der Waals surface area contributed by atoms with Crippen LogP contribution in [-0.2, 0) is 4.79 Å². The number of hydrogen-bond acceptors (Lipinski definition) is 2. The zero-order valence-electron chi connectivity index (χ0n) is 11.7. The van der Waals surface area contributed by atoms with Crippen molar-refractivity contribution >= 4 is 43.5 Å². The lowest BCUT2D eigenvalue weighted by molar-refractivity contribution is -0.119. The maximum atomic E-state index is 13.7. The summed E-state index contributed by atoms with van der Waals surface area (Å²) < 4.78 is 16.9. The van der Waals surface area contributed by atoms with Gasteiger partial charge in [0.2, 0.25) is 5.91 Å². The molecule has 1 unspecified atom stereocenters. The predicted octanol–water partition coefficient (Wildman–Crippen LogP) is 4.36. The van der Waals surface area contributed by atoms with Crippen LogP contribution >= 0.6 is 31.9 Å². The molecule has 0 aliphatic carbocycles. The van der Waals surface area contributed by atoms with Crippen molar-refractivity contribution in [1.82, 2.24) is 9.78 Å². The molecule has 7 heteroatoms. The molecular weight excluding hydrogens is 405 g/mol. The molecule has 0 saturated carbocycles. The molecule has 1 N–H and O–H groups in total. The molecule has 0 aliphatic rings. The first kappa shape index (κ1) is 16.2. The van der Waals surface area contributed by atoms with Crippen LogP contribution in [0.4, 0.5) is 10.1 Å². The molecule has 1 heterocycles. The molecule has 0 saturated heterocycles. The number of carbonyl (C=O) groups is 1. The Kier molecular flexibility index (Phi) is 4.83. The second kappa shape index (κ2) is 6.27. The predicted molar refractivity (Wildman–Crippen MR) is 86.8 cm³/mol. The zero-order chi connectivity index (χ0) is 15.7. The summed E-state index contributed by atoms with van der Waals surface area (Å²) in [5.74, 6) is -0.811. The first-order valence-electron chi connectivity index (χ1n) is 6.28. The number of amides is 1. The van der Waals surface area contributed by atoms with Crippen LogP contribution < -0.4 is 5.32 Å². The lowest BCUT2D eigenvalue weighted by Gasteiger charge is -2.15. The van der Waals surface area contributed by atoms with E-state index < -0.39 is 11.9 Å². The van der Waals surface area contributed by atoms with Gasteiger partial charge in [-0.1, -0.05) is 15.9 Å². The van der Waals surface area contributed by atoms with E-state index in [2.05, 4.69) is 42.3 Å². The number of aryl methyl sites for hydroxylation is 1. The topological polar surface area (TPSA) is 46.9 Å². The molecule has 0 bridgehead atoms. The van der Waals surface area contributed by atoms with E-state index in [0.29, 0.717) is 4.47 Å². The van der Waals surface area contributed by atoms with E-state index in [-0.39, 0.29) is 11.6 Å². The molecule has 1 aromatic carbocycles. The summed E-state index contributed by atoms with van der Waals surface area (Å²) in [5, 5.41) is 6.90. The molecule has 0 fully saturated rings. The fourth-order valence-corrected chi connectivity index (χ4v) is 2.55. The monoisotopic (exact) mass is 417 g/mol. The lowest BCUT2D eigenvalue weighted by atomic mass is 10.2. The van der Waals surface area contributed by atoms with Gasteiger partial charge in [-0.05, 0) is 54.9 Å². The summed E-state index contributed by atoms with van der Waals surface area (Å²) in [5.41, 5.74) is 1.81. The van der Waals surface area contributed by atoms with Crippen LogP contribution in [0.25, 0.3) is 0 Å². The molecule has 1 aromatic heterocycles. The van der Waals surface area contributed by atoms with Gasteiger partial charge in [-0.25, -0.2) is 4.39 Å². The first-order valence-corrected chi connectivity index (χ1v) is 7.87. The minimum absolute atomic E-state index is 0.149. The van der Waals surface area contributed by atoms with E-state index in [1.807, 2.05) is 13.8 Å². The van der Waals surface area contributed by atoms with Crippen molar-refractivity contribution in [2.75, 3.05) is 5.32 Å². The Morgan fingerprint density at radius 1 is 1.38 bits per heavy atom. The normalized spacial score (nSPS) is 12.3. The number of benzene rings is 1. The van der Waals surface area contributed by atoms with Crippen LogP contribution in [0.2, 0.25) is 0 Å². The average Bonchev–Trinajstić information content (AvgIpc) is 2.68. The van der Waals surface area contributed by atoms with Crippen LogP contribution in [0.15, 0.2) is 27.1 Å². The van der Waals surface area contributed by atoms with E-state index in [1.165, 1.54) is 12.1 Å². The Bertz CT molecular complexity index is 700. The summed E-state index contributed by atoms with van der Waals surface area (Å²) in [6.07, 6.45) is 0. The van der Waals surface area contributed by atoms with Crippen LogP contribution in [0.1, 0.15) is 24.4 Å². The van der Waals surface area contributed by atoms with Crippen molar-refractivity contribution in [3.05, 3.63) is 44.3 Å². The molecular formula is C14H14Br2FN3O. The van der Waals surface area contributed by atoms with E-state index >= 15 is 0 Å². The van der Waals surface area contributed by atoms with Gasteiger partial charge in [-0.3, -0.25) is 9.48 Å².